The van der Waals surface area contributed by atoms with Gasteiger partial charge in [-0.25, -0.2) is 4.39 Å². The van der Waals surface area contributed by atoms with E-state index >= 15 is 0 Å². The van der Waals surface area contributed by atoms with Crippen LogP contribution in [0.2, 0.25) is 0 Å². The van der Waals surface area contributed by atoms with Crippen LogP contribution in [0, 0.1) is 5.82 Å². The van der Waals surface area contributed by atoms with Crippen molar-refractivity contribution in [2.45, 2.75) is 25.7 Å². The van der Waals surface area contributed by atoms with E-state index in [2.05, 4.69) is 5.16 Å². The van der Waals surface area contributed by atoms with Crippen molar-refractivity contribution in [3.8, 4) is 11.1 Å². The molecule has 0 aliphatic heterocycles. The van der Waals surface area contributed by atoms with Crippen molar-refractivity contribution in [1.29, 1.82) is 0 Å². The van der Waals surface area contributed by atoms with E-state index < -0.39 is 0 Å². The highest BCUT2D eigenvalue weighted by Gasteiger charge is 2.17. The van der Waals surface area contributed by atoms with E-state index in [9.17, 15) is 4.39 Å². The molecule has 2 aromatic rings. The Morgan fingerprint density at radius 2 is 1.82 bits per heavy atom. The van der Waals surface area contributed by atoms with Crippen LogP contribution in [0.4, 0.5) is 10.3 Å². The number of nitrogen functional groups attached to an aromatic ring is 1. The van der Waals surface area contributed by atoms with Gasteiger partial charge in [0.25, 0.3) is 0 Å². The summed E-state index contributed by atoms with van der Waals surface area (Å²) in [4.78, 5) is 0. The third-order valence-corrected chi connectivity index (χ3v) is 3.32. The summed E-state index contributed by atoms with van der Waals surface area (Å²) in [5, 5.41) is 3.58. The van der Waals surface area contributed by atoms with Gasteiger partial charge in [0.15, 0.2) is 0 Å². The number of benzene rings is 1. The molecule has 1 heterocycles. The van der Waals surface area contributed by atoms with Gasteiger partial charge in [-0.2, -0.15) is 0 Å². The molecule has 17 heavy (non-hydrogen) atoms. The first-order chi connectivity index (χ1) is 8.25. The Hall–Kier alpha value is -1.84. The maximum atomic E-state index is 14.0. The van der Waals surface area contributed by atoms with Crippen molar-refractivity contribution in [2.75, 3.05) is 5.73 Å². The second-order valence-electron chi connectivity index (χ2n) is 4.41. The van der Waals surface area contributed by atoms with Crippen molar-refractivity contribution in [1.82, 2.24) is 5.16 Å². The molecular formula is C13H13FN2O. The van der Waals surface area contributed by atoms with Crippen LogP contribution in [0.15, 0.2) is 22.9 Å². The normalized spacial score (nSPS) is 14.6. The van der Waals surface area contributed by atoms with E-state index in [4.69, 9.17) is 10.3 Å². The Bertz CT molecular complexity index is 563. The molecule has 4 heteroatoms. The third-order valence-electron chi connectivity index (χ3n) is 3.32. The van der Waals surface area contributed by atoms with Crippen LogP contribution in [0.1, 0.15) is 24.0 Å². The molecule has 0 spiro atoms. The minimum absolute atomic E-state index is 0.166. The van der Waals surface area contributed by atoms with Gasteiger partial charge in [-0.15, -0.1) is 0 Å². The highest BCUT2D eigenvalue weighted by atomic mass is 19.1. The minimum Gasteiger partial charge on any atom is -0.367 e. The van der Waals surface area contributed by atoms with Crippen molar-refractivity contribution < 1.29 is 8.91 Å². The van der Waals surface area contributed by atoms with Crippen LogP contribution >= 0.6 is 0 Å². The van der Waals surface area contributed by atoms with Crippen molar-refractivity contribution in [3.05, 3.63) is 35.3 Å². The SMILES string of the molecule is Nc1oncc1-c1cc2c(cc1F)CCCC2. The fourth-order valence-electron chi connectivity index (χ4n) is 2.41. The van der Waals surface area contributed by atoms with Gasteiger partial charge in [-0.05, 0) is 48.9 Å². The van der Waals surface area contributed by atoms with E-state index in [0.717, 1.165) is 31.2 Å². The molecule has 0 unspecified atom stereocenters. The first-order valence-corrected chi connectivity index (χ1v) is 5.77. The summed E-state index contributed by atoms with van der Waals surface area (Å²) in [6.07, 6.45) is 5.74. The van der Waals surface area contributed by atoms with Crippen LogP contribution in [-0.4, -0.2) is 5.16 Å². The van der Waals surface area contributed by atoms with Gasteiger partial charge in [0.1, 0.15) is 5.82 Å². The zero-order valence-electron chi connectivity index (χ0n) is 9.37. The molecule has 1 aliphatic rings. The van der Waals surface area contributed by atoms with Gasteiger partial charge in [0.2, 0.25) is 5.88 Å². The Labute approximate surface area is 98.4 Å². The van der Waals surface area contributed by atoms with Crippen molar-refractivity contribution >= 4 is 5.88 Å². The average Bonchev–Trinajstić information content (AvgIpc) is 2.74. The van der Waals surface area contributed by atoms with Gasteiger partial charge < -0.3 is 10.3 Å². The molecule has 0 amide bonds. The fourth-order valence-corrected chi connectivity index (χ4v) is 2.41. The van der Waals surface area contributed by atoms with Crippen LogP contribution in [0.5, 0.6) is 0 Å². The van der Waals surface area contributed by atoms with Gasteiger partial charge in [0, 0.05) is 5.56 Å². The largest absolute Gasteiger partial charge is 0.367 e. The van der Waals surface area contributed by atoms with E-state index in [-0.39, 0.29) is 11.7 Å². The number of aromatic nitrogens is 1. The Morgan fingerprint density at radius 1 is 1.12 bits per heavy atom. The predicted molar refractivity (Wildman–Crippen MR) is 63.0 cm³/mol. The summed E-state index contributed by atoms with van der Waals surface area (Å²) in [6.45, 7) is 0. The third kappa shape index (κ3) is 1.69. The minimum atomic E-state index is -0.249. The molecule has 1 aromatic carbocycles. The van der Waals surface area contributed by atoms with E-state index in [1.807, 2.05) is 6.07 Å². The van der Waals surface area contributed by atoms with Gasteiger partial charge in [-0.1, -0.05) is 5.16 Å². The van der Waals surface area contributed by atoms with E-state index in [0.29, 0.717) is 11.1 Å². The van der Waals surface area contributed by atoms with Gasteiger partial charge >= 0.3 is 0 Å². The molecule has 0 fully saturated rings. The molecule has 0 saturated heterocycles. The number of anilines is 1. The quantitative estimate of drug-likeness (QED) is 0.822. The topological polar surface area (TPSA) is 52.0 Å². The van der Waals surface area contributed by atoms with Crippen molar-refractivity contribution in [3.63, 3.8) is 0 Å². The molecule has 3 rings (SSSR count). The zero-order chi connectivity index (χ0) is 11.8. The lowest BCUT2D eigenvalue weighted by atomic mass is 9.89. The van der Waals surface area contributed by atoms with Crippen LogP contribution in [0.3, 0.4) is 0 Å². The molecule has 0 atom stereocenters. The fraction of sp³-hybridized carbons (Fsp3) is 0.308. The van der Waals surface area contributed by atoms with E-state index in [1.54, 1.807) is 6.07 Å². The Morgan fingerprint density at radius 3 is 2.47 bits per heavy atom. The molecule has 88 valence electrons. The molecule has 1 aromatic heterocycles. The molecule has 3 nitrogen and oxygen atoms in total. The standard InChI is InChI=1S/C13H13FN2O/c14-12-6-9-4-2-1-3-8(9)5-10(12)11-7-16-17-13(11)15/h5-7H,1-4,15H2. The van der Waals surface area contributed by atoms with Crippen LogP contribution < -0.4 is 5.73 Å². The number of fused-ring (bicyclic) bond motifs is 1. The molecule has 1 aliphatic carbocycles. The highest BCUT2D eigenvalue weighted by Crippen LogP contribution is 2.32. The first kappa shape index (κ1) is 10.3. The van der Waals surface area contributed by atoms with E-state index in [1.165, 1.54) is 11.8 Å². The predicted octanol–water partition coefficient (Wildman–Crippen LogP) is 2.94. The number of aryl methyl sites for hydroxylation is 2. The lowest BCUT2D eigenvalue weighted by molar-refractivity contribution is 0.436. The zero-order valence-corrected chi connectivity index (χ0v) is 9.37. The molecule has 0 radical (unpaired) electrons. The maximum absolute atomic E-state index is 14.0. The molecule has 0 saturated carbocycles. The summed E-state index contributed by atoms with van der Waals surface area (Å²) in [6, 6.07) is 3.50. The average molecular weight is 232 g/mol. The molecule has 2 N–H and O–H groups in total. The number of nitrogens with two attached hydrogens (primary N) is 1. The second-order valence-corrected chi connectivity index (χ2v) is 4.41. The first-order valence-electron chi connectivity index (χ1n) is 5.77. The monoisotopic (exact) mass is 232 g/mol. The summed E-state index contributed by atoms with van der Waals surface area (Å²) in [5.74, 6) is -0.0831. The summed E-state index contributed by atoms with van der Waals surface area (Å²) < 4.78 is 18.8. The summed E-state index contributed by atoms with van der Waals surface area (Å²) in [5.41, 5.74) is 8.98. The number of hydrogen-bond acceptors (Lipinski definition) is 3. The smallest absolute Gasteiger partial charge is 0.230 e. The Balaban J connectivity index is 2.15. The number of rotatable bonds is 1. The highest BCUT2D eigenvalue weighted by molar-refractivity contribution is 5.73. The van der Waals surface area contributed by atoms with Crippen molar-refractivity contribution in [2.24, 2.45) is 0 Å². The van der Waals surface area contributed by atoms with Crippen LogP contribution in [0.25, 0.3) is 11.1 Å². The molecular weight excluding hydrogens is 219 g/mol. The number of halogens is 1. The summed E-state index contributed by atoms with van der Waals surface area (Å²) >= 11 is 0. The van der Waals surface area contributed by atoms with Gasteiger partial charge in [-0.3, -0.25) is 0 Å². The van der Waals surface area contributed by atoms with Crippen LogP contribution in [-0.2, 0) is 12.8 Å². The number of nitrogens with zero attached hydrogens (tertiary/aromatic N) is 1. The summed E-state index contributed by atoms with van der Waals surface area (Å²) in [7, 11) is 0. The Kier molecular flexibility index (Phi) is 2.35. The number of hydrogen-bond donors (Lipinski definition) is 1. The second kappa shape index (κ2) is 3.87. The lowest BCUT2D eigenvalue weighted by Crippen LogP contribution is -2.04. The maximum Gasteiger partial charge on any atom is 0.230 e. The molecule has 0 bridgehead atoms. The van der Waals surface area contributed by atoms with Gasteiger partial charge in [0.05, 0.1) is 11.8 Å². The lowest BCUT2D eigenvalue weighted by Gasteiger charge is -2.17.